The van der Waals surface area contributed by atoms with Gasteiger partial charge in [0.2, 0.25) is 0 Å². The van der Waals surface area contributed by atoms with Crippen molar-refractivity contribution in [2.45, 2.75) is 27.4 Å². The van der Waals surface area contributed by atoms with Crippen LogP contribution in [0.1, 0.15) is 22.5 Å². The third-order valence-electron chi connectivity index (χ3n) is 2.88. The molecule has 0 bridgehead atoms. The molecule has 1 aromatic carbocycles. The maximum absolute atomic E-state index is 5.80. The molecule has 3 nitrogen and oxygen atoms in total. The van der Waals surface area contributed by atoms with E-state index in [1.807, 2.05) is 24.7 Å². The van der Waals surface area contributed by atoms with E-state index in [0.29, 0.717) is 6.61 Å². The first-order valence-corrected chi connectivity index (χ1v) is 5.76. The first kappa shape index (κ1) is 11.7. The van der Waals surface area contributed by atoms with E-state index in [9.17, 15) is 0 Å². The van der Waals surface area contributed by atoms with Crippen molar-refractivity contribution in [3.63, 3.8) is 0 Å². The zero-order valence-corrected chi connectivity index (χ0v) is 10.8. The van der Waals surface area contributed by atoms with Crippen molar-refractivity contribution in [3.8, 4) is 5.75 Å². The Hall–Kier alpha value is -1.77. The second-order valence-electron chi connectivity index (χ2n) is 4.46. The second kappa shape index (κ2) is 4.62. The summed E-state index contributed by atoms with van der Waals surface area (Å²) in [4.78, 5) is 0. The third-order valence-corrected chi connectivity index (χ3v) is 2.88. The van der Waals surface area contributed by atoms with Crippen LogP contribution < -0.4 is 4.74 Å². The highest BCUT2D eigenvalue weighted by Gasteiger charge is 2.04. The van der Waals surface area contributed by atoms with Crippen LogP contribution in [0, 0.1) is 20.8 Å². The standard InChI is InChI=1S/C14H18N2O/c1-10-5-6-11(2)14(7-10)17-9-13-8-12(3)16(4)15-13/h5-8H,9H2,1-4H3. The van der Waals surface area contributed by atoms with Gasteiger partial charge in [-0.1, -0.05) is 12.1 Å². The van der Waals surface area contributed by atoms with Gasteiger partial charge in [0.25, 0.3) is 0 Å². The van der Waals surface area contributed by atoms with Crippen LogP contribution >= 0.6 is 0 Å². The van der Waals surface area contributed by atoms with E-state index in [1.54, 1.807) is 0 Å². The van der Waals surface area contributed by atoms with Gasteiger partial charge < -0.3 is 4.74 Å². The number of aromatic nitrogens is 2. The molecule has 0 N–H and O–H groups in total. The summed E-state index contributed by atoms with van der Waals surface area (Å²) in [5.74, 6) is 0.938. The fraction of sp³-hybridized carbons (Fsp3) is 0.357. The Kier molecular flexibility index (Phi) is 3.18. The van der Waals surface area contributed by atoms with Crippen molar-refractivity contribution in [2.24, 2.45) is 7.05 Å². The van der Waals surface area contributed by atoms with E-state index < -0.39 is 0 Å². The Balaban J connectivity index is 2.09. The zero-order valence-electron chi connectivity index (χ0n) is 10.8. The molecule has 3 heteroatoms. The maximum Gasteiger partial charge on any atom is 0.132 e. The molecule has 0 radical (unpaired) electrons. The Labute approximate surface area is 102 Å². The molecule has 0 fully saturated rings. The van der Waals surface area contributed by atoms with Gasteiger partial charge in [-0.15, -0.1) is 0 Å². The van der Waals surface area contributed by atoms with Crippen molar-refractivity contribution in [2.75, 3.05) is 0 Å². The maximum atomic E-state index is 5.80. The molecule has 0 aliphatic heterocycles. The smallest absolute Gasteiger partial charge is 0.132 e. The fourth-order valence-corrected chi connectivity index (χ4v) is 1.72. The van der Waals surface area contributed by atoms with Gasteiger partial charge in [-0.05, 0) is 44.0 Å². The minimum Gasteiger partial charge on any atom is -0.487 e. The van der Waals surface area contributed by atoms with E-state index in [0.717, 1.165) is 22.7 Å². The Morgan fingerprint density at radius 3 is 2.59 bits per heavy atom. The second-order valence-corrected chi connectivity index (χ2v) is 4.46. The molecule has 0 atom stereocenters. The van der Waals surface area contributed by atoms with E-state index >= 15 is 0 Å². The van der Waals surface area contributed by atoms with Crippen LogP contribution in [0.5, 0.6) is 5.75 Å². The number of hydrogen-bond acceptors (Lipinski definition) is 2. The summed E-state index contributed by atoms with van der Waals surface area (Å²) in [6.45, 7) is 6.68. The summed E-state index contributed by atoms with van der Waals surface area (Å²) < 4.78 is 7.66. The van der Waals surface area contributed by atoms with Crippen LogP contribution in [-0.4, -0.2) is 9.78 Å². The molecule has 0 unspecified atom stereocenters. The predicted molar refractivity (Wildman–Crippen MR) is 68.2 cm³/mol. The lowest BCUT2D eigenvalue weighted by Gasteiger charge is -2.08. The summed E-state index contributed by atoms with van der Waals surface area (Å²) in [6, 6.07) is 8.28. The minimum absolute atomic E-state index is 0.520. The SMILES string of the molecule is Cc1ccc(C)c(OCc2cc(C)n(C)n2)c1. The highest BCUT2D eigenvalue weighted by Crippen LogP contribution is 2.20. The van der Waals surface area contributed by atoms with E-state index in [-0.39, 0.29) is 0 Å². The lowest BCUT2D eigenvalue weighted by atomic mass is 10.1. The van der Waals surface area contributed by atoms with Crippen molar-refractivity contribution < 1.29 is 4.74 Å². The average molecular weight is 230 g/mol. The first-order valence-electron chi connectivity index (χ1n) is 5.76. The summed E-state index contributed by atoms with van der Waals surface area (Å²) in [6.07, 6.45) is 0. The topological polar surface area (TPSA) is 27.1 Å². The van der Waals surface area contributed by atoms with Gasteiger partial charge in [0.15, 0.2) is 0 Å². The largest absolute Gasteiger partial charge is 0.487 e. The Morgan fingerprint density at radius 1 is 1.18 bits per heavy atom. The lowest BCUT2D eigenvalue weighted by Crippen LogP contribution is -1.99. The molecular weight excluding hydrogens is 212 g/mol. The van der Waals surface area contributed by atoms with Crippen molar-refractivity contribution in [1.82, 2.24) is 9.78 Å². The molecule has 0 aliphatic carbocycles. The van der Waals surface area contributed by atoms with Gasteiger partial charge in [-0.2, -0.15) is 5.10 Å². The molecule has 0 aliphatic rings. The lowest BCUT2D eigenvalue weighted by molar-refractivity contribution is 0.298. The predicted octanol–water partition coefficient (Wildman–Crippen LogP) is 2.92. The van der Waals surface area contributed by atoms with Gasteiger partial charge in [-0.3, -0.25) is 4.68 Å². The molecule has 0 saturated carbocycles. The molecule has 90 valence electrons. The number of ether oxygens (including phenoxy) is 1. The van der Waals surface area contributed by atoms with Crippen LogP contribution in [0.2, 0.25) is 0 Å². The molecule has 17 heavy (non-hydrogen) atoms. The number of benzene rings is 1. The van der Waals surface area contributed by atoms with Gasteiger partial charge in [-0.25, -0.2) is 0 Å². The van der Waals surface area contributed by atoms with Crippen molar-refractivity contribution in [3.05, 3.63) is 46.8 Å². The molecule has 2 rings (SSSR count). The van der Waals surface area contributed by atoms with Crippen LogP contribution in [0.3, 0.4) is 0 Å². The Bertz CT molecular complexity index is 510. The van der Waals surface area contributed by atoms with E-state index in [2.05, 4.69) is 37.1 Å². The molecular formula is C14H18N2O. The molecule has 0 amide bonds. The highest BCUT2D eigenvalue weighted by molar-refractivity contribution is 5.36. The summed E-state index contributed by atoms with van der Waals surface area (Å²) in [7, 11) is 1.94. The minimum atomic E-state index is 0.520. The van der Waals surface area contributed by atoms with Crippen LogP contribution in [0.4, 0.5) is 0 Å². The number of nitrogens with zero attached hydrogens (tertiary/aromatic N) is 2. The number of rotatable bonds is 3. The monoisotopic (exact) mass is 230 g/mol. The molecule has 2 aromatic rings. The third kappa shape index (κ3) is 2.67. The van der Waals surface area contributed by atoms with Gasteiger partial charge in [0.1, 0.15) is 18.1 Å². The summed E-state index contributed by atoms with van der Waals surface area (Å²) in [5, 5.41) is 4.37. The van der Waals surface area contributed by atoms with Crippen LogP contribution in [0.25, 0.3) is 0 Å². The van der Waals surface area contributed by atoms with Gasteiger partial charge in [0, 0.05) is 12.7 Å². The fourth-order valence-electron chi connectivity index (χ4n) is 1.72. The summed E-state index contributed by atoms with van der Waals surface area (Å²) in [5.41, 5.74) is 4.47. The molecule has 0 saturated heterocycles. The van der Waals surface area contributed by atoms with Gasteiger partial charge >= 0.3 is 0 Å². The summed E-state index contributed by atoms with van der Waals surface area (Å²) >= 11 is 0. The van der Waals surface area contributed by atoms with Crippen molar-refractivity contribution in [1.29, 1.82) is 0 Å². The Morgan fingerprint density at radius 2 is 1.94 bits per heavy atom. The molecule has 0 spiro atoms. The zero-order chi connectivity index (χ0) is 12.4. The first-order chi connectivity index (χ1) is 8.06. The number of aryl methyl sites for hydroxylation is 4. The van der Waals surface area contributed by atoms with Crippen LogP contribution in [-0.2, 0) is 13.7 Å². The number of hydrogen-bond donors (Lipinski definition) is 0. The quantitative estimate of drug-likeness (QED) is 0.810. The highest BCUT2D eigenvalue weighted by atomic mass is 16.5. The molecule has 1 heterocycles. The van der Waals surface area contributed by atoms with Crippen LogP contribution in [0.15, 0.2) is 24.3 Å². The van der Waals surface area contributed by atoms with Gasteiger partial charge in [0.05, 0.1) is 0 Å². The van der Waals surface area contributed by atoms with E-state index in [4.69, 9.17) is 4.74 Å². The normalized spacial score (nSPS) is 10.6. The molecule has 1 aromatic heterocycles. The van der Waals surface area contributed by atoms with E-state index in [1.165, 1.54) is 5.56 Å². The van der Waals surface area contributed by atoms with Crippen molar-refractivity contribution >= 4 is 0 Å². The average Bonchev–Trinajstić information content (AvgIpc) is 2.60.